The molecule has 2 aromatic heterocycles. The minimum absolute atomic E-state index is 0.0244. The van der Waals surface area contributed by atoms with Crippen LogP contribution in [0.2, 0.25) is 5.02 Å². The van der Waals surface area contributed by atoms with Gasteiger partial charge in [-0.1, -0.05) is 17.7 Å². The summed E-state index contributed by atoms with van der Waals surface area (Å²) in [5.74, 6) is 0.708. The Morgan fingerprint density at radius 1 is 1.27 bits per heavy atom. The first-order valence-electron chi connectivity index (χ1n) is 7.62. The number of rotatable bonds is 5. The van der Waals surface area contributed by atoms with Crippen LogP contribution in [-0.2, 0) is 16.1 Å². The van der Waals surface area contributed by atoms with Gasteiger partial charge in [0.15, 0.2) is 6.61 Å². The van der Waals surface area contributed by atoms with Gasteiger partial charge >= 0.3 is 5.97 Å². The van der Waals surface area contributed by atoms with Crippen molar-refractivity contribution in [3.8, 4) is 11.5 Å². The summed E-state index contributed by atoms with van der Waals surface area (Å²) in [7, 11) is 0. The number of aromatic nitrogens is 2. The number of nitrogens with zero attached hydrogens (tertiary/aromatic N) is 2. The van der Waals surface area contributed by atoms with Gasteiger partial charge in [0.2, 0.25) is 0 Å². The smallest absolute Gasteiger partial charge is 0.331 e. The molecule has 0 saturated heterocycles. The molecule has 6 nitrogen and oxygen atoms in total. The third kappa shape index (κ3) is 4.18. The summed E-state index contributed by atoms with van der Waals surface area (Å²) in [6, 6.07) is 5.90. The van der Waals surface area contributed by atoms with Crippen molar-refractivity contribution >= 4 is 23.6 Å². The largest absolute Gasteiger partial charge is 0.466 e. The van der Waals surface area contributed by atoms with Crippen molar-refractivity contribution < 1.29 is 22.8 Å². The van der Waals surface area contributed by atoms with E-state index in [2.05, 4.69) is 10.2 Å². The summed E-state index contributed by atoms with van der Waals surface area (Å²) in [5, 5.41) is 7.73. The number of benzene rings is 1. The number of hydrogen-bond acceptors (Lipinski definition) is 6. The van der Waals surface area contributed by atoms with Gasteiger partial charge in [-0.15, -0.1) is 10.2 Å². The predicted molar refractivity (Wildman–Crippen MR) is 91.7 cm³/mol. The van der Waals surface area contributed by atoms with E-state index in [0.717, 1.165) is 5.76 Å². The molecular formula is C18H14ClFN2O4. The second kappa shape index (κ2) is 7.53. The van der Waals surface area contributed by atoms with E-state index in [4.69, 9.17) is 25.2 Å². The second-order valence-corrected chi connectivity index (χ2v) is 5.85. The molecule has 0 aliphatic heterocycles. The second-order valence-electron chi connectivity index (χ2n) is 5.44. The van der Waals surface area contributed by atoms with Crippen molar-refractivity contribution in [3.05, 3.63) is 64.2 Å². The van der Waals surface area contributed by atoms with E-state index in [0.29, 0.717) is 22.8 Å². The average Bonchev–Trinajstić information content (AvgIpc) is 3.20. The summed E-state index contributed by atoms with van der Waals surface area (Å²) in [6.07, 6.45) is 2.66. The van der Waals surface area contributed by atoms with Gasteiger partial charge in [0, 0.05) is 6.08 Å². The molecule has 0 radical (unpaired) electrons. The highest BCUT2D eigenvalue weighted by Crippen LogP contribution is 2.25. The standard InChI is InChI=1S/C18H14ClFN2O4/c1-10-7-13(11(2)25-10)18-22-21-16(26-18)9-24-17(23)6-4-12-3-5-15(20)14(19)8-12/h3-8H,9H2,1-2H3/b6-4+. The monoisotopic (exact) mass is 376 g/mol. The van der Waals surface area contributed by atoms with Gasteiger partial charge in [-0.05, 0) is 43.7 Å². The number of furan rings is 1. The van der Waals surface area contributed by atoms with Crippen LogP contribution < -0.4 is 0 Å². The van der Waals surface area contributed by atoms with Crippen LogP contribution in [0.1, 0.15) is 23.0 Å². The lowest BCUT2D eigenvalue weighted by atomic mass is 10.2. The normalized spacial score (nSPS) is 11.2. The molecule has 0 fully saturated rings. The summed E-state index contributed by atoms with van der Waals surface area (Å²) >= 11 is 5.68. The van der Waals surface area contributed by atoms with Crippen LogP contribution in [0.25, 0.3) is 17.5 Å². The van der Waals surface area contributed by atoms with Gasteiger partial charge in [0.05, 0.1) is 10.6 Å². The number of carbonyl (C=O) groups excluding carboxylic acids is 1. The lowest BCUT2D eigenvalue weighted by Crippen LogP contribution is -2.00. The quantitative estimate of drug-likeness (QED) is 0.482. The van der Waals surface area contributed by atoms with Gasteiger partial charge < -0.3 is 13.6 Å². The van der Waals surface area contributed by atoms with Crippen molar-refractivity contribution in [1.29, 1.82) is 0 Å². The van der Waals surface area contributed by atoms with Crippen LogP contribution in [0, 0.1) is 19.7 Å². The fraction of sp³-hybridized carbons (Fsp3) is 0.167. The van der Waals surface area contributed by atoms with Gasteiger partial charge in [0.1, 0.15) is 17.3 Å². The highest BCUT2D eigenvalue weighted by Gasteiger charge is 2.15. The summed E-state index contributed by atoms with van der Waals surface area (Å²) < 4.78 is 29.0. The molecule has 0 aliphatic carbocycles. The molecular weight excluding hydrogens is 363 g/mol. The highest BCUT2D eigenvalue weighted by atomic mass is 35.5. The first-order chi connectivity index (χ1) is 12.4. The molecule has 0 spiro atoms. The van der Waals surface area contributed by atoms with Gasteiger partial charge in [-0.2, -0.15) is 0 Å². The Kier molecular flexibility index (Phi) is 5.18. The van der Waals surface area contributed by atoms with Crippen molar-refractivity contribution in [2.24, 2.45) is 0 Å². The third-order valence-electron chi connectivity index (χ3n) is 3.43. The first-order valence-corrected chi connectivity index (χ1v) is 8.00. The summed E-state index contributed by atoms with van der Waals surface area (Å²) in [6.45, 7) is 3.44. The van der Waals surface area contributed by atoms with E-state index in [9.17, 15) is 9.18 Å². The SMILES string of the molecule is Cc1cc(-c2nnc(COC(=O)/C=C/c3ccc(F)c(Cl)c3)o2)c(C)o1. The zero-order valence-corrected chi connectivity index (χ0v) is 14.7. The van der Waals surface area contributed by atoms with E-state index >= 15 is 0 Å². The Labute approximate surface area is 153 Å². The number of esters is 1. The maximum absolute atomic E-state index is 13.1. The maximum Gasteiger partial charge on any atom is 0.331 e. The molecule has 3 aromatic rings. The van der Waals surface area contributed by atoms with Crippen molar-refractivity contribution in [2.45, 2.75) is 20.5 Å². The zero-order chi connectivity index (χ0) is 18.7. The summed E-state index contributed by atoms with van der Waals surface area (Å²) in [5.41, 5.74) is 1.26. The predicted octanol–water partition coefficient (Wildman–Crippen LogP) is 4.50. The Balaban J connectivity index is 1.59. The Morgan fingerprint density at radius 2 is 2.08 bits per heavy atom. The number of hydrogen-bond donors (Lipinski definition) is 0. The van der Waals surface area contributed by atoms with Crippen LogP contribution in [0.15, 0.2) is 39.2 Å². The van der Waals surface area contributed by atoms with Crippen molar-refractivity contribution in [1.82, 2.24) is 10.2 Å². The minimum Gasteiger partial charge on any atom is -0.466 e. The van der Waals surface area contributed by atoms with Crippen molar-refractivity contribution in [2.75, 3.05) is 0 Å². The van der Waals surface area contributed by atoms with E-state index in [1.54, 1.807) is 13.0 Å². The van der Waals surface area contributed by atoms with Gasteiger partial charge in [-0.25, -0.2) is 9.18 Å². The average molecular weight is 377 g/mol. The number of halogens is 2. The van der Waals surface area contributed by atoms with E-state index in [1.807, 2.05) is 6.92 Å². The fourth-order valence-corrected chi connectivity index (χ4v) is 2.41. The maximum atomic E-state index is 13.1. The molecule has 1 aromatic carbocycles. The summed E-state index contributed by atoms with van der Waals surface area (Å²) in [4.78, 5) is 11.8. The molecule has 0 aliphatic rings. The first kappa shape index (κ1) is 17.9. The number of carbonyl (C=O) groups is 1. The van der Waals surface area contributed by atoms with Crippen LogP contribution in [-0.4, -0.2) is 16.2 Å². The molecule has 26 heavy (non-hydrogen) atoms. The Hall–Kier alpha value is -2.93. The molecule has 8 heteroatoms. The van der Waals surface area contributed by atoms with Gasteiger partial charge in [-0.3, -0.25) is 0 Å². The Morgan fingerprint density at radius 3 is 2.77 bits per heavy atom. The molecule has 0 amide bonds. The molecule has 134 valence electrons. The van der Waals surface area contributed by atoms with Crippen LogP contribution in [0.3, 0.4) is 0 Å². The molecule has 0 bridgehead atoms. The zero-order valence-electron chi connectivity index (χ0n) is 14.0. The van der Waals surface area contributed by atoms with Gasteiger partial charge in [0.25, 0.3) is 11.8 Å². The van der Waals surface area contributed by atoms with Crippen LogP contribution in [0.4, 0.5) is 4.39 Å². The molecule has 3 rings (SSSR count). The molecule has 2 heterocycles. The number of aryl methyl sites for hydroxylation is 2. The van der Waals surface area contributed by atoms with Crippen LogP contribution >= 0.6 is 11.6 Å². The van der Waals surface area contributed by atoms with Crippen LogP contribution in [0.5, 0.6) is 0 Å². The van der Waals surface area contributed by atoms with E-state index in [-0.39, 0.29) is 17.5 Å². The molecule has 0 saturated carbocycles. The Bertz CT molecular complexity index is 977. The molecule has 0 atom stereocenters. The highest BCUT2D eigenvalue weighted by molar-refractivity contribution is 6.30. The topological polar surface area (TPSA) is 78.4 Å². The van der Waals surface area contributed by atoms with E-state index in [1.165, 1.54) is 30.4 Å². The van der Waals surface area contributed by atoms with E-state index < -0.39 is 11.8 Å². The fourth-order valence-electron chi connectivity index (χ4n) is 2.23. The van der Waals surface area contributed by atoms with Crippen molar-refractivity contribution in [3.63, 3.8) is 0 Å². The molecule has 0 unspecified atom stereocenters. The molecule has 0 N–H and O–H groups in total. The third-order valence-corrected chi connectivity index (χ3v) is 3.72. The minimum atomic E-state index is -0.611. The number of ether oxygens (including phenoxy) is 1. The lowest BCUT2D eigenvalue weighted by Gasteiger charge is -1.98. The lowest BCUT2D eigenvalue weighted by molar-refractivity contribution is -0.139.